The van der Waals surface area contributed by atoms with E-state index in [2.05, 4.69) is 62.1 Å². The fourth-order valence-electron chi connectivity index (χ4n) is 1.74. The van der Waals surface area contributed by atoms with Crippen molar-refractivity contribution < 1.29 is 0 Å². The summed E-state index contributed by atoms with van der Waals surface area (Å²) in [5.41, 5.74) is 2.47. The molecule has 0 unspecified atom stereocenters. The van der Waals surface area contributed by atoms with Crippen LogP contribution in [0.4, 0.5) is 0 Å². The van der Waals surface area contributed by atoms with Gasteiger partial charge in [0.15, 0.2) is 0 Å². The summed E-state index contributed by atoms with van der Waals surface area (Å²) in [7, 11) is 0. The van der Waals surface area contributed by atoms with Gasteiger partial charge in [-0.25, -0.2) is 0 Å². The lowest BCUT2D eigenvalue weighted by Crippen LogP contribution is -1.73. The Hall–Kier alpha value is -1.86. The van der Waals surface area contributed by atoms with Gasteiger partial charge in [-0.3, -0.25) is 0 Å². The molecule has 0 spiro atoms. The topological polar surface area (TPSA) is 0 Å². The summed E-state index contributed by atoms with van der Waals surface area (Å²) in [5.74, 6) is 0. The number of hydrogen-bond acceptors (Lipinski definition) is 1. The van der Waals surface area contributed by atoms with Crippen molar-refractivity contribution in [2.75, 3.05) is 0 Å². The molecule has 0 aliphatic rings. The lowest BCUT2D eigenvalue weighted by Gasteiger charge is -1.98. The highest BCUT2D eigenvalue weighted by atomic mass is 32.1. The van der Waals surface area contributed by atoms with Crippen molar-refractivity contribution in [2.24, 2.45) is 0 Å². The zero-order valence-corrected chi connectivity index (χ0v) is 13.3. The van der Waals surface area contributed by atoms with Crippen LogP contribution in [-0.2, 0) is 0 Å². The lowest BCUT2D eigenvalue weighted by atomic mass is 10.1. The minimum absolute atomic E-state index is 1.23. The van der Waals surface area contributed by atoms with Crippen LogP contribution >= 0.6 is 11.3 Å². The molecule has 0 fully saturated rings. The molecule has 0 nitrogen and oxygen atoms in total. The number of allylic oxidation sites excluding steroid dienone is 11. The van der Waals surface area contributed by atoms with Crippen molar-refractivity contribution in [3.63, 3.8) is 0 Å². The van der Waals surface area contributed by atoms with Gasteiger partial charge in [0.2, 0.25) is 0 Å². The van der Waals surface area contributed by atoms with E-state index in [0.29, 0.717) is 0 Å². The molecular formula is C19H22S. The van der Waals surface area contributed by atoms with Crippen LogP contribution in [0.5, 0.6) is 0 Å². The van der Waals surface area contributed by atoms with E-state index in [1.807, 2.05) is 37.3 Å². The van der Waals surface area contributed by atoms with Gasteiger partial charge in [-0.05, 0) is 44.1 Å². The van der Waals surface area contributed by atoms with Gasteiger partial charge >= 0.3 is 0 Å². The maximum absolute atomic E-state index is 3.72. The Balaban J connectivity index is 3.12. The Morgan fingerprint density at radius 1 is 0.950 bits per heavy atom. The smallest absolute Gasteiger partial charge is 0.0349 e. The summed E-state index contributed by atoms with van der Waals surface area (Å²) >= 11 is 1.81. The van der Waals surface area contributed by atoms with Gasteiger partial charge < -0.3 is 0 Å². The van der Waals surface area contributed by atoms with Crippen LogP contribution in [0.15, 0.2) is 73.4 Å². The zero-order chi connectivity index (χ0) is 14.8. The minimum atomic E-state index is 1.23. The molecule has 1 aromatic heterocycles. The van der Waals surface area contributed by atoms with Crippen LogP contribution < -0.4 is 0 Å². The summed E-state index contributed by atoms with van der Waals surface area (Å²) in [6.45, 7) is 9.85. The highest BCUT2D eigenvalue weighted by molar-refractivity contribution is 7.14. The molecule has 0 atom stereocenters. The Bertz CT molecular complexity index is 575. The van der Waals surface area contributed by atoms with Gasteiger partial charge in [-0.2, -0.15) is 0 Å². The summed E-state index contributed by atoms with van der Waals surface area (Å²) in [6.07, 6.45) is 18.5. The fourth-order valence-corrected chi connectivity index (χ4v) is 2.81. The predicted octanol–water partition coefficient (Wildman–Crippen LogP) is 6.43. The van der Waals surface area contributed by atoms with E-state index in [9.17, 15) is 0 Å². The predicted molar refractivity (Wildman–Crippen MR) is 94.9 cm³/mol. The quantitative estimate of drug-likeness (QED) is 0.527. The third kappa shape index (κ3) is 4.67. The lowest BCUT2D eigenvalue weighted by molar-refractivity contribution is 1.69. The third-order valence-corrected chi connectivity index (χ3v) is 3.90. The van der Waals surface area contributed by atoms with Crippen molar-refractivity contribution >= 4 is 22.5 Å². The van der Waals surface area contributed by atoms with Crippen molar-refractivity contribution in [1.29, 1.82) is 0 Å². The van der Waals surface area contributed by atoms with E-state index in [0.717, 1.165) is 0 Å². The Morgan fingerprint density at radius 3 is 2.20 bits per heavy atom. The van der Waals surface area contributed by atoms with Gasteiger partial charge in [0.25, 0.3) is 0 Å². The van der Waals surface area contributed by atoms with Crippen LogP contribution in [-0.4, -0.2) is 0 Å². The van der Waals surface area contributed by atoms with E-state index in [1.165, 1.54) is 20.9 Å². The van der Waals surface area contributed by atoms with Gasteiger partial charge in [0, 0.05) is 9.75 Å². The van der Waals surface area contributed by atoms with E-state index < -0.39 is 0 Å². The first-order valence-corrected chi connectivity index (χ1v) is 7.60. The highest BCUT2D eigenvalue weighted by Gasteiger charge is 2.04. The second kappa shape index (κ2) is 9.11. The minimum Gasteiger partial charge on any atom is -0.135 e. The summed E-state index contributed by atoms with van der Waals surface area (Å²) in [4.78, 5) is 2.55. The van der Waals surface area contributed by atoms with Crippen molar-refractivity contribution in [3.8, 4) is 0 Å². The SMILES string of the molecule is C=C/C=C\C(=C/C)c1ccc(C(/C=C\C)=C/C=C\C)s1. The Morgan fingerprint density at radius 2 is 1.65 bits per heavy atom. The number of hydrogen-bond donors (Lipinski definition) is 0. The third-order valence-electron chi connectivity index (χ3n) is 2.71. The fraction of sp³-hybridized carbons (Fsp3) is 0.158. The van der Waals surface area contributed by atoms with Crippen LogP contribution in [0.2, 0.25) is 0 Å². The molecule has 1 aromatic rings. The first-order chi connectivity index (χ1) is 9.76. The molecule has 0 aromatic carbocycles. The molecule has 0 aliphatic heterocycles. The maximum atomic E-state index is 3.72. The molecule has 104 valence electrons. The van der Waals surface area contributed by atoms with E-state index in [1.54, 1.807) is 6.08 Å². The number of rotatable bonds is 6. The largest absolute Gasteiger partial charge is 0.135 e. The molecule has 0 N–H and O–H groups in total. The molecule has 0 amide bonds. The molecule has 0 saturated carbocycles. The summed E-state index contributed by atoms with van der Waals surface area (Å²) in [6, 6.07) is 4.36. The molecule has 0 saturated heterocycles. The standard InChI is InChI=1S/C19H22S/c1-5-9-12-16(8-4)18-14-15-19(20-18)17(11-7-3)13-10-6-2/h5-15H,1H2,2-4H3/b10-6-,11-7-,12-9-,16-8+,17-13+. The van der Waals surface area contributed by atoms with Crippen molar-refractivity contribution in [3.05, 3.63) is 83.2 Å². The van der Waals surface area contributed by atoms with Crippen molar-refractivity contribution in [2.45, 2.75) is 20.8 Å². The molecule has 1 heterocycles. The zero-order valence-electron chi connectivity index (χ0n) is 12.5. The summed E-state index contributed by atoms with van der Waals surface area (Å²) in [5, 5.41) is 0. The molecule has 0 aliphatic carbocycles. The van der Waals surface area contributed by atoms with Gasteiger partial charge in [0.05, 0.1) is 0 Å². The van der Waals surface area contributed by atoms with Crippen molar-refractivity contribution in [1.82, 2.24) is 0 Å². The Kier molecular flexibility index (Phi) is 7.38. The number of thiophene rings is 1. The van der Waals surface area contributed by atoms with E-state index >= 15 is 0 Å². The molecular weight excluding hydrogens is 260 g/mol. The molecule has 1 rings (SSSR count). The first kappa shape index (κ1) is 16.2. The average molecular weight is 282 g/mol. The van der Waals surface area contributed by atoms with E-state index in [4.69, 9.17) is 0 Å². The van der Waals surface area contributed by atoms with Gasteiger partial charge in [0.1, 0.15) is 0 Å². The first-order valence-electron chi connectivity index (χ1n) is 6.78. The van der Waals surface area contributed by atoms with Crippen LogP contribution in [0.3, 0.4) is 0 Å². The monoisotopic (exact) mass is 282 g/mol. The Labute approximate surface area is 126 Å². The molecule has 20 heavy (non-hydrogen) atoms. The van der Waals surface area contributed by atoms with Gasteiger partial charge in [-0.1, -0.05) is 61.3 Å². The molecule has 1 heteroatoms. The van der Waals surface area contributed by atoms with Crippen LogP contribution in [0.1, 0.15) is 30.5 Å². The van der Waals surface area contributed by atoms with Crippen LogP contribution in [0.25, 0.3) is 11.1 Å². The molecule has 0 bridgehead atoms. The normalized spacial score (nSPS) is 13.9. The highest BCUT2D eigenvalue weighted by Crippen LogP contribution is 2.30. The second-order valence-electron chi connectivity index (χ2n) is 4.15. The van der Waals surface area contributed by atoms with E-state index in [-0.39, 0.29) is 0 Å². The second-order valence-corrected chi connectivity index (χ2v) is 5.23. The molecule has 0 radical (unpaired) electrons. The van der Waals surface area contributed by atoms with Crippen LogP contribution in [0, 0.1) is 0 Å². The van der Waals surface area contributed by atoms with Gasteiger partial charge in [-0.15, -0.1) is 11.3 Å². The average Bonchev–Trinajstić information content (AvgIpc) is 2.94. The maximum Gasteiger partial charge on any atom is 0.0349 e. The summed E-state index contributed by atoms with van der Waals surface area (Å²) < 4.78 is 0.